The van der Waals surface area contributed by atoms with Crippen LogP contribution in [0.25, 0.3) is 0 Å². The summed E-state index contributed by atoms with van der Waals surface area (Å²) in [4.78, 5) is 0. The molecule has 0 bridgehead atoms. The molecule has 0 unspecified atom stereocenters. The van der Waals surface area contributed by atoms with Crippen molar-refractivity contribution in [3.63, 3.8) is 0 Å². The van der Waals surface area contributed by atoms with Crippen LogP contribution in [0.2, 0.25) is 5.32 Å². The van der Waals surface area contributed by atoms with E-state index in [-0.39, 0.29) is 0 Å². The fourth-order valence-corrected chi connectivity index (χ4v) is 5.48. The number of thioether (sulfide) groups is 1. The minimum absolute atomic E-state index is 0.779. The van der Waals surface area contributed by atoms with Crippen molar-refractivity contribution in [3.05, 3.63) is 9.88 Å². The van der Waals surface area contributed by atoms with E-state index in [9.17, 15) is 0 Å². The molecule has 0 heterocycles. The summed E-state index contributed by atoms with van der Waals surface area (Å²) in [6.07, 6.45) is 12.5. The van der Waals surface area contributed by atoms with E-state index in [2.05, 4.69) is 37.9 Å². The van der Waals surface area contributed by atoms with E-state index >= 15 is 0 Å². The molecule has 0 aromatic rings. The number of rotatable bonds is 13. The summed E-state index contributed by atoms with van der Waals surface area (Å²) in [5, 5.41) is 3.97. The summed E-state index contributed by atoms with van der Waals surface area (Å²) in [7, 11) is 0. The van der Waals surface area contributed by atoms with Crippen molar-refractivity contribution in [1.82, 2.24) is 0 Å². The van der Waals surface area contributed by atoms with E-state index in [4.69, 9.17) is 0 Å². The SMILES string of the molecule is CCCCCC/C(=C/SCCCC)[Se]CCCC. The van der Waals surface area contributed by atoms with Gasteiger partial charge in [-0.15, -0.1) is 0 Å². The minimum atomic E-state index is 0.779. The first kappa shape index (κ1) is 18.6. The zero-order chi connectivity index (χ0) is 13.5. The van der Waals surface area contributed by atoms with Crippen LogP contribution in [0.4, 0.5) is 0 Å². The maximum atomic E-state index is 2.51. The zero-order valence-electron chi connectivity index (χ0n) is 12.7. The molecule has 108 valence electrons. The molecule has 0 rings (SSSR count). The van der Waals surface area contributed by atoms with E-state index in [1.54, 1.807) is 4.47 Å². The number of hydrogen-bond acceptors (Lipinski definition) is 1. The van der Waals surface area contributed by atoms with Gasteiger partial charge in [-0.05, 0) is 0 Å². The Bertz CT molecular complexity index is 190. The summed E-state index contributed by atoms with van der Waals surface area (Å²) in [5.74, 6) is 1.32. The van der Waals surface area contributed by atoms with Gasteiger partial charge in [0.2, 0.25) is 0 Å². The van der Waals surface area contributed by atoms with Crippen LogP contribution in [0.3, 0.4) is 0 Å². The van der Waals surface area contributed by atoms with Gasteiger partial charge in [-0.2, -0.15) is 0 Å². The monoisotopic (exact) mass is 336 g/mol. The van der Waals surface area contributed by atoms with Crippen LogP contribution in [-0.4, -0.2) is 20.7 Å². The molecule has 0 radical (unpaired) electrons. The van der Waals surface area contributed by atoms with Crippen molar-refractivity contribution in [2.45, 2.75) is 83.9 Å². The summed E-state index contributed by atoms with van der Waals surface area (Å²) < 4.78 is 1.79. The Morgan fingerprint density at radius 2 is 1.61 bits per heavy atom. The molecule has 0 aliphatic heterocycles. The molecule has 0 saturated heterocycles. The summed E-state index contributed by atoms with van der Waals surface area (Å²) in [5.41, 5.74) is 0. The fraction of sp³-hybridized carbons (Fsp3) is 0.875. The molecular formula is C16H32SSe. The Morgan fingerprint density at radius 1 is 0.889 bits per heavy atom. The predicted molar refractivity (Wildman–Crippen MR) is 89.7 cm³/mol. The Kier molecular flexibility index (Phi) is 16.2. The Balaban J connectivity index is 3.82. The van der Waals surface area contributed by atoms with E-state index in [0.717, 1.165) is 15.0 Å². The maximum absolute atomic E-state index is 2.51. The molecule has 0 amide bonds. The summed E-state index contributed by atoms with van der Waals surface area (Å²) in [6, 6.07) is 0. The number of hydrogen-bond donors (Lipinski definition) is 0. The van der Waals surface area contributed by atoms with Crippen LogP contribution in [-0.2, 0) is 0 Å². The normalized spacial score (nSPS) is 12.1. The van der Waals surface area contributed by atoms with Crippen LogP contribution in [0, 0.1) is 0 Å². The predicted octanol–water partition coefficient (Wildman–Crippen LogP) is 6.25. The van der Waals surface area contributed by atoms with Crippen molar-refractivity contribution in [1.29, 1.82) is 0 Å². The topological polar surface area (TPSA) is 0 Å². The van der Waals surface area contributed by atoms with Gasteiger partial charge in [0.25, 0.3) is 0 Å². The van der Waals surface area contributed by atoms with E-state index < -0.39 is 0 Å². The Morgan fingerprint density at radius 3 is 2.28 bits per heavy atom. The molecule has 0 fully saturated rings. The Labute approximate surface area is 126 Å². The van der Waals surface area contributed by atoms with Gasteiger partial charge in [0.1, 0.15) is 0 Å². The molecule has 0 aromatic carbocycles. The molecule has 0 saturated carbocycles. The van der Waals surface area contributed by atoms with Gasteiger partial charge in [0.15, 0.2) is 0 Å². The van der Waals surface area contributed by atoms with Crippen molar-refractivity contribution in [2.24, 2.45) is 0 Å². The molecule has 0 nitrogen and oxygen atoms in total. The van der Waals surface area contributed by atoms with Crippen molar-refractivity contribution in [3.8, 4) is 0 Å². The van der Waals surface area contributed by atoms with E-state index in [1.165, 1.54) is 68.9 Å². The second kappa shape index (κ2) is 15.7. The zero-order valence-corrected chi connectivity index (χ0v) is 15.2. The van der Waals surface area contributed by atoms with Crippen LogP contribution in [0.15, 0.2) is 9.88 Å². The molecular weight excluding hydrogens is 303 g/mol. The van der Waals surface area contributed by atoms with E-state index in [1.807, 2.05) is 0 Å². The van der Waals surface area contributed by atoms with Crippen molar-refractivity contribution < 1.29 is 0 Å². The average Bonchev–Trinajstić information content (AvgIpc) is 2.39. The molecule has 2 heteroatoms. The summed E-state index contributed by atoms with van der Waals surface area (Å²) >= 11 is 2.84. The van der Waals surface area contributed by atoms with Gasteiger partial charge >= 0.3 is 126 Å². The molecule has 0 atom stereocenters. The van der Waals surface area contributed by atoms with Crippen LogP contribution >= 0.6 is 11.8 Å². The molecule has 0 aliphatic rings. The van der Waals surface area contributed by atoms with Crippen LogP contribution < -0.4 is 0 Å². The molecule has 18 heavy (non-hydrogen) atoms. The first-order valence-electron chi connectivity index (χ1n) is 7.78. The van der Waals surface area contributed by atoms with Gasteiger partial charge in [-0.25, -0.2) is 0 Å². The van der Waals surface area contributed by atoms with Gasteiger partial charge in [0.05, 0.1) is 0 Å². The third-order valence-electron chi connectivity index (χ3n) is 2.89. The van der Waals surface area contributed by atoms with Gasteiger partial charge in [-0.3, -0.25) is 0 Å². The quantitative estimate of drug-likeness (QED) is 0.283. The summed E-state index contributed by atoms with van der Waals surface area (Å²) in [6.45, 7) is 6.88. The van der Waals surface area contributed by atoms with Crippen molar-refractivity contribution >= 4 is 26.7 Å². The van der Waals surface area contributed by atoms with Gasteiger partial charge in [0, 0.05) is 0 Å². The molecule has 0 aliphatic carbocycles. The molecule has 0 N–H and O–H groups in total. The second-order valence-corrected chi connectivity index (χ2v) is 8.36. The van der Waals surface area contributed by atoms with Gasteiger partial charge < -0.3 is 0 Å². The first-order chi connectivity index (χ1) is 8.85. The Hall–Kier alpha value is 0.609. The standard InChI is InChI=1S/C16H32SSe/c1-4-7-10-11-12-16(18-14-9-6-3)15-17-13-8-5-2/h15H,4-14H2,1-3H3/b16-15-. The number of allylic oxidation sites excluding steroid dienone is 1. The van der Waals surface area contributed by atoms with Crippen LogP contribution in [0.1, 0.15) is 78.6 Å². The number of unbranched alkanes of at least 4 members (excludes halogenated alkanes) is 5. The molecule has 0 spiro atoms. The molecule has 0 aromatic heterocycles. The first-order valence-corrected chi connectivity index (χ1v) is 10.9. The van der Waals surface area contributed by atoms with Crippen LogP contribution in [0.5, 0.6) is 0 Å². The van der Waals surface area contributed by atoms with Gasteiger partial charge in [-0.1, -0.05) is 0 Å². The fourth-order valence-electron chi connectivity index (χ4n) is 1.62. The third kappa shape index (κ3) is 13.1. The van der Waals surface area contributed by atoms with E-state index in [0.29, 0.717) is 0 Å². The van der Waals surface area contributed by atoms with Crippen molar-refractivity contribution in [2.75, 3.05) is 5.75 Å². The second-order valence-electron chi connectivity index (χ2n) is 4.82. The average molecular weight is 335 g/mol. The third-order valence-corrected chi connectivity index (χ3v) is 6.69.